The van der Waals surface area contributed by atoms with E-state index in [0.29, 0.717) is 17.1 Å². The average Bonchev–Trinajstić information content (AvgIpc) is 2.96. The molecule has 1 aliphatic rings. The molecule has 1 fully saturated rings. The predicted molar refractivity (Wildman–Crippen MR) is 73.0 cm³/mol. The van der Waals surface area contributed by atoms with E-state index in [0.717, 1.165) is 25.0 Å². The van der Waals surface area contributed by atoms with Gasteiger partial charge in [0.05, 0.1) is 12.1 Å². The van der Waals surface area contributed by atoms with E-state index < -0.39 is 0 Å². The zero-order valence-corrected chi connectivity index (χ0v) is 11.1. The number of thiophene rings is 1. The van der Waals surface area contributed by atoms with Crippen molar-refractivity contribution in [1.82, 2.24) is 20.6 Å². The molecule has 0 amide bonds. The third-order valence-electron chi connectivity index (χ3n) is 3.42. The Bertz CT molecular complexity index is 612. The normalized spacial score (nSPS) is 23.8. The van der Waals surface area contributed by atoms with Gasteiger partial charge in [-0.1, -0.05) is 0 Å². The highest BCUT2D eigenvalue weighted by molar-refractivity contribution is 7.17. The van der Waals surface area contributed by atoms with Crippen LogP contribution in [0.2, 0.25) is 0 Å². The number of hydrogen-bond donors (Lipinski definition) is 3. The van der Waals surface area contributed by atoms with E-state index in [1.807, 2.05) is 11.4 Å². The lowest BCUT2D eigenvalue weighted by Gasteiger charge is -2.24. The number of nitrogens with zero attached hydrogens (tertiary/aromatic N) is 1. The molecular weight excluding hydrogens is 248 g/mol. The molecule has 0 radical (unpaired) electrons. The maximum atomic E-state index is 11.8. The maximum Gasteiger partial charge on any atom is 0.268 e. The van der Waals surface area contributed by atoms with Crippen molar-refractivity contribution < 1.29 is 0 Å². The largest absolute Gasteiger partial charge is 0.315 e. The summed E-state index contributed by atoms with van der Waals surface area (Å²) in [5, 5.41) is 8.69. The smallest absolute Gasteiger partial charge is 0.268 e. The molecule has 2 aromatic rings. The van der Waals surface area contributed by atoms with E-state index in [-0.39, 0.29) is 11.1 Å². The van der Waals surface area contributed by atoms with Crippen molar-refractivity contribution in [2.45, 2.75) is 25.4 Å². The minimum Gasteiger partial charge on any atom is -0.315 e. The fraction of sp³-hybridized carbons (Fsp3) is 0.500. The van der Waals surface area contributed by atoms with Crippen LogP contribution in [0.4, 0.5) is 0 Å². The van der Waals surface area contributed by atoms with Crippen LogP contribution in [0.1, 0.15) is 19.2 Å². The zero-order valence-electron chi connectivity index (χ0n) is 10.2. The van der Waals surface area contributed by atoms with Crippen LogP contribution in [0.5, 0.6) is 0 Å². The Morgan fingerprint density at radius 1 is 1.61 bits per heavy atom. The summed E-state index contributed by atoms with van der Waals surface area (Å²) in [6.45, 7) is 4.78. The van der Waals surface area contributed by atoms with Gasteiger partial charge in [0.1, 0.15) is 10.5 Å². The van der Waals surface area contributed by atoms with Gasteiger partial charge < -0.3 is 15.6 Å². The number of nitrogens with one attached hydrogen (secondary N) is 3. The Hall–Kier alpha value is -1.24. The van der Waals surface area contributed by atoms with Crippen molar-refractivity contribution in [2.24, 2.45) is 0 Å². The van der Waals surface area contributed by atoms with Crippen molar-refractivity contribution in [3.05, 3.63) is 27.6 Å². The highest BCUT2D eigenvalue weighted by Crippen LogP contribution is 2.15. The van der Waals surface area contributed by atoms with Crippen molar-refractivity contribution >= 4 is 21.6 Å². The van der Waals surface area contributed by atoms with Crippen LogP contribution in [0, 0.1) is 0 Å². The van der Waals surface area contributed by atoms with Crippen molar-refractivity contribution in [3.63, 3.8) is 0 Å². The minimum atomic E-state index is -0.0403. The third kappa shape index (κ3) is 2.19. The first-order chi connectivity index (χ1) is 8.66. The van der Waals surface area contributed by atoms with E-state index in [1.54, 1.807) is 0 Å². The van der Waals surface area contributed by atoms with Crippen LogP contribution in [0.3, 0.4) is 0 Å². The zero-order chi connectivity index (χ0) is 12.6. The van der Waals surface area contributed by atoms with Crippen LogP contribution in [0.25, 0.3) is 10.2 Å². The molecular formula is C12H16N4OS. The molecule has 3 heterocycles. The Morgan fingerprint density at radius 3 is 3.28 bits per heavy atom. The molecule has 1 aliphatic heterocycles. The van der Waals surface area contributed by atoms with Gasteiger partial charge in [0.15, 0.2) is 0 Å². The molecule has 0 aromatic carbocycles. The van der Waals surface area contributed by atoms with E-state index in [9.17, 15) is 4.79 Å². The molecule has 0 saturated carbocycles. The topological polar surface area (TPSA) is 69.8 Å². The van der Waals surface area contributed by atoms with Gasteiger partial charge in [-0.05, 0) is 31.3 Å². The molecule has 2 aromatic heterocycles. The second kappa shape index (κ2) is 4.46. The summed E-state index contributed by atoms with van der Waals surface area (Å²) in [7, 11) is 0. The SMILES string of the molecule is CC1(NCc2nc3ccsc3c(=O)[nH]2)CCNC1. The second-order valence-corrected chi connectivity index (χ2v) is 5.90. The highest BCUT2D eigenvalue weighted by atomic mass is 32.1. The van der Waals surface area contributed by atoms with Gasteiger partial charge in [0, 0.05) is 12.1 Å². The van der Waals surface area contributed by atoms with E-state index >= 15 is 0 Å². The monoisotopic (exact) mass is 264 g/mol. The molecule has 0 aliphatic carbocycles. The van der Waals surface area contributed by atoms with Gasteiger partial charge >= 0.3 is 0 Å². The third-order valence-corrected chi connectivity index (χ3v) is 4.32. The summed E-state index contributed by atoms with van der Waals surface area (Å²) in [5.74, 6) is 0.707. The first-order valence-electron chi connectivity index (χ1n) is 6.08. The van der Waals surface area contributed by atoms with Crippen LogP contribution in [0.15, 0.2) is 16.2 Å². The number of rotatable bonds is 3. The quantitative estimate of drug-likeness (QED) is 0.768. The van der Waals surface area contributed by atoms with E-state index in [2.05, 4.69) is 27.5 Å². The van der Waals surface area contributed by atoms with Gasteiger partial charge in [-0.2, -0.15) is 0 Å². The lowest BCUT2D eigenvalue weighted by atomic mass is 10.0. The van der Waals surface area contributed by atoms with Crippen molar-refractivity contribution in [2.75, 3.05) is 13.1 Å². The molecule has 1 saturated heterocycles. The lowest BCUT2D eigenvalue weighted by molar-refractivity contribution is 0.380. The van der Waals surface area contributed by atoms with E-state index in [4.69, 9.17) is 0 Å². The summed E-state index contributed by atoms with van der Waals surface area (Å²) >= 11 is 1.43. The highest BCUT2D eigenvalue weighted by Gasteiger charge is 2.27. The van der Waals surface area contributed by atoms with Gasteiger partial charge in [-0.15, -0.1) is 11.3 Å². The summed E-state index contributed by atoms with van der Waals surface area (Å²) in [4.78, 5) is 19.1. The standard InChI is InChI=1S/C12H16N4OS/c1-12(3-4-13-7-12)14-6-9-15-8-2-5-18-10(8)11(17)16-9/h2,5,13-14H,3-4,6-7H2,1H3,(H,15,16,17). The molecule has 1 atom stereocenters. The van der Waals surface area contributed by atoms with Crippen LogP contribution in [-0.4, -0.2) is 28.6 Å². The molecule has 6 heteroatoms. The molecule has 0 bridgehead atoms. The summed E-state index contributed by atoms with van der Waals surface area (Å²) < 4.78 is 0.701. The average molecular weight is 264 g/mol. The molecule has 5 nitrogen and oxygen atoms in total. The van der Waals surface area contributed by atoms with Crippen LogP contribution >= 0.6 is 11.3 Å². The summed E-state index contributed by atoms with van der Waals surface area (Å²) in [6.07, 6.45) is 1.10. The van der Waals surface area contributed by atoms with Crippen molar-refractivity contribution in [3.8, 4) is 0 Å². The molecule has 18 heavy (non-hydrogen) atoms. The van der Waals surface area contributed by atoms with Crippen LogP contribution < -0.4 is 16.2 Å². The molecule has 3 rings (SSSR count). The number of fused-ring (bicyclic) bond motifs is 1. The Morgan fingerprint density at radius 2 is 2.50 bits per heavy atom. The minimum absolute atomic E-state index is 0.0403. The van der Waals surface area contributed by atoms with E-state index in [1.165, 1.54) is 11.3 Å². The first kappa shape index (κ1) is 11.8. The molecule has 96 valence electrons. The van der Waals surface area contributed by atoms with Gasteiger partial charge in [0.2, 0.25) is 0 Å². The fourth-order valence-electron chi connectivity index (χ4n) is 2.27. The molecule has 3 N–H and O–H groups in total. The molecule has 0 spiro atoms. The number of hydrogen-bond acceptors (Lipinski definition) is 5. The van der Waals surface area contributed by atoms with Crippen molar-refractivity contribution in [1.29, 1.82) is 0 Å². The summed E-state index contributed by atoms with van der Waals surface area (Å²) in [6, 6.07) is 1.89. The maximum absolute atomic E-state index is 11.8. The van der Waals surface area contributed by atoms with Crippen LogP contribution in [-0.2, 0) is 6.54 Å². The predicted octanol–water partition coefficient (Wildman–Crippen LogP) is 0.826. The summed E-state index contributed by atoms with van der Waals surface area (Å²) in [5.41, 5.74) is 0.846. The number of aromatic nitrogens is 2. The number of H-pyrrole nitrogens is 1. The van der Waals surface area contributed by atoms with Gasteiger partial charge in [-0.25, -0.2) is 4.98 Å². The Kier molecular flexibility index (Phi) is 2.93. The lowest BCUT2D eigenvalue weighted by Crippen LogP contribution is -2.44. The molecule has 1 unspecified atom stereocenters. The number of aromatic amines is 1. The second-order valence-electron chi connectivity index (χ2n) is 4.99. The Balaban J connectivity index is 1.80. The fourth-order valence-corrected chi connectivity index (χ4v) is 3.00. The van der Waals surface area contributed by atoms with Gasteiger partial charge in [-0.3, -0.25) is 4.79 Å². The first-order valence-corrected chi connectivity index (χ1v) is 6.96. The van der Waals surface area contributed by atoms with Gasteiger partial charge in [0.25, 0.3) is 5.56 Å². The Labute approximate surface area is 109 Å².